The average molecular weight is 222 g/mol. The number of hydrogen-bond donors (Lipinski definition) is 1. The van der Waals surface area contributed by atoms with Gasteiger partial charge in [-0.2, -0.15) is 0 Å². The lowest BCUT2D eigenvalue weighted by atomic mass is 10.2. The van der Waals surface area contributed by atoms with Gasteiger partial charge in [0.05, 0.1) is 25.2 Å². The van der Waals surface area contributed by atoms with Crippen LogP contribution in [0.3, 0.4) is 0 Å². The van der Waals surface area contributed by atoms with E-state index >= 15 is 0 Å². The minimum atomic E-state index is 0.279. The minimum Gasteiger partial charge on any atom is -0.379 e. The lowest BCUT2D eigenvalue weighted by molar-refractivity contribution is 0.0336. The third kappa shape index (κ3) is 1.86. The predicted octanol–water partition coefficient (Wildman–Crippen LogP) is -0.401. The molecule has 88 valence electrons. The molecule has 0 amide bonds. The zero-order chi connectivity index (χ0) is 11.0. The SMILES string of the molecule is NC1Cc2c(CN3CCOCC3)ncn2C1. The zero-order valence-corrected chi connectivity index (χ0v) is 9.43. The van der Waals surface area contributed by atoms with Crippen molar-refractivity contribution in [1.82, 2.24) is 14.5 Å². The summed E-state index contributed by atoms with van der Waals surface area (Å²) in [6.45, 7) is 5.58. The van der Waals surface area contributed by atoms with E-state index in [1.54, 1.807) is 0 Å². The third-order valence-electron chi connectivity index (χ3n) is 3.40. The molecule has 3 heterocycles. The highest BCUT2D eigenvalue weighted by Gasteiger charge is 2.23. The molecule has 0 aliphatic carbocycles. The van der Waals surface area contributed by atoms with E-state index in [0.717, 1.165) is 45.8 Å². The highest BCUT2D eigenvalue weighted by molar-refractivity contribution is 5.18. The van der Waals surface area contributed by atoms with Gasteiger partial charge in [-0.3, -0.25) is 4.90 Å². The summed E-state index contributed by atoms with van der Waals surface area (Å²) >= 11 is 0. The van der Waals surface area contributed by atoms with Crippen molar-refractivity contribution in [2.75, 3.05) is 26.3 Å². The first kappa shape index (κ1) is 10.3. The number of hydrogen-bond acceptors (Lipinski definition) is 4. The van der Waals surface area contributed by atoms with E-state index in [0.29, 0.717) is 0 Å². The lowest BCUT2D eigenvalue weighted by Crippen LogP contribution is -2.36. The maximum atomic E-state index is 5.95. The van der Waals surface area contributed by atoms with E-state index in [9.17, 15) is 0 Å². The van der Waals surface area contributed by atoms with Gasteiger partial charge in [0.2, 0.25) is 0 Å². The smallest absolute Gasteiger partial charge is 0.0952 e. The van der Waals surface area contributed by atoms with Crippen LogP contribution in [0.4, 0.5) is 0 Å². The molecule has 1 unspecified atom stereocenters. The van der Waals surface area contributed by atoms with E-state index in [1.807, 2.05) is 6.33 Å². The van der Waals surface area contributed by atoms with Gasteiger partial charge in [0.1, 0.15) is 0 Å². The van der Waals surface area contributed by atoms with E-state index in [2.05, 4.69) is 14.5 Å². The van der Waals surface area contributed by atoms with Gasteiger partial charge in [-0.1, -0.05) is 0 Å². The molecule has 16 heavy (non-hydrogen) atoms. The Hall–Kier alpha value is -0.910. The number of nitrogens with zero attached hydrogens (tertiary/aromatic N) is 3. The van der Waals surface area contributed by atoms with Crippen LogP contribution in [-0.2, 0) is 24.2 Å². The number of nitrogens with two attached hydrogens (primary N) is 1. The summed E-state index contributed by atoms with van der Waals surface area (Å²) < 4.78 is 7.54. The Morgan fingerprint density at radius 3 is 3.06 bits per heavy atom. The van der Waals surface area contributed by atoms with Crippen LogP contribution in [0.1, 0.15) is 11.4 Å². The molecule has 3 rings (SSSR count). The number of fused-ring (bicyclic) bond motifs is 1. The van der Waals surface area contributed by atoms with Crippen LogP contribution in [-0.4, -0.2) is 46.8 Å². The summed E-state index contributed by atoms with van der Waals surface area (Å²) in [5.41, 5.74) is 8.49. The van der Waals surface area contributed by atoms with Crippen LogP contribution in [0.15, 0.2) is 6.33 Å². The largest absolute Gasteiger partial charge is 0.379 e. The topological polar surface area (TPSA) is 56.3 Å². The van der Waals surface area contributed by atoms with E-state index in [4.69, 9.17) is 10.5 Å². The third-order valence-corrected chi connectivity index (χ3v) is 3.40. The zero-order valence-electron chi connectivity index (χ0n) is 9.43. The second-order valence-corrected chi connectivity index (χ2v) is 4.64. The standard InChI is InChI=1S/C11H18N4O/c12-9-5-11-10(13-8-15(11)6-9)7-14-1-3-16-4-2-14/h8-9H,1-7,12H2. The molecule has 1 aromatic rings. The normalized spacial score (nSPS) is 25.9. The lowest BCUT2D eigenvalue weighted by Gasteiger charge is -2.26. The first-order valence-electron chi connectivity index (χ1n) is 5.91. The van der Waals surface area contributed by atoms with Gasteiger partial charge in [0.15, 0.2) is 0 Å². The molecule has 0 saturated carbocycles. The van der Waals surface area contributed by atoms with Crippen molar-refractivity contribution in [2.24, 2.45) is 5.73 Å². The Labute approximate surface area is 95.2 Å². The monoisotopic (exact) mass is 222 g/mol. The highest BCUT2D eigenvalue weighted by Crippen LogP contribution is 2.19. The maximum Gasteiger partial charge on any atom is 0.0952 e. The molecule has 5 heteroatoms. The van der Waals surface area contributed by atoms with Gasteiger partial charge in [-0.15, -0.1) is 0 Å². The Bertz CT molecular complexity index is 370. The molecular formula is C11H18N4O. The first-order valence-corrected chi connectivity index (χ1v) is 5.91. The molecule has 0 aromatic carbocycles. The molecule has 5 nitrogen and oxygen atoms in total. The van der Waals surface area contributed by atoms with Gasteiger partial charge in [-0.25, -0.2) is 4.98 Å². The Kier molecular flexibility index (Phi) is 2.67. The van der Waals surface area contributed by atoms with Crippen LogP contribution in [0.5, 0.6) is 0 Å². The van der Waals surface area contributed by atoms with Gasteiger partial charge in [0.25, 0.3) is 0 Å². The van der Waals surface area contributed by atoms with Gasteiger partial charge in [-0.05, 0) is 0 Å². The molecule has 0 spiro atoms. The average Bonchev–Trinajstić information content (AvgIpc) is 2.81. The molecular weight excluding hydrogens is 204 g/mol. The molecule has 2 aliphatic heterocycles. The van der Waals surface area contributed by atoms with Crippen LogP contribution in [0.2, 0.25) is 0 Å². The van der Waals surface area contributed by atoms with Crippen molar-refractivity contribution < 1.29 is 4.74 Å². The molecule has 0 radical (unpaired) electrons. The summed E-state index contributed by atoms with van der Waals surface area (Å²) in [7, 11) is 0. The van der Waals surface area contributed by atoms with Crippen molar-refractivity contribution in [3.8, 4) is 0 Å². The number of imidazole rings is 1. The van der Waals surface area contributed by atoms with Crippen LogP contribution in [0, 0.1) is 0 Å². The fourth-order valence-corrected chi connectivity index (χ4v) is 2.51. The summed E-state index contributed by atoms with van der Waals surface area (Å²) in [6, 6.07) is 0.279. The van der Waals surface area contributed by atoms with E-state index in [1.165, 1.54) is 11.4 Å². The Morgan fingerprint density at radius 1 is 1.44 bits per heavy atom. The van der Waals surface area contributed by atoms with Crippen LogP contribution in [0.25, 0.3) is 0 Å². The predicted molar refractivity (Wildman–Crippen MR) is 60.0 cm³/mol. The molecule has 1 aromatic heterocycles. The van der Waals surface area contributed by atoms with Gasteiger partial charge >= 0.3 is 0 Å². The second-order valence-electron chi connectivity index (χ2n) is 4.64. The molecule has 1 saturated heterocycles. The molecule has 1 fully saturated rings. The van der Waals surface area contributed by atoms with Crippen LogP contribution < -0.4 is 5.73 Å². The van der Waals surface area contributed by atoms with Crippen molar-refractivity contribution in [3.05, 3.63) is 17.7 Å². The molecule has 1 atom stereocenters. The number of aromatic nitrogens is 2. The van der Waals surface area contributed by atoms with E-state index in [-0.39, 0.29) is 6.04 Å². The fraction of sp³-hybridized carbons (Fsp3) is 0.727. The highest BCUT2D eigenvalue weighted by atomic mass is 16.5. The first-order chi connectivity index (χ1) is 7.83. The Balaban J connectivity index is 1.70. The number of rotatable bonds is 2. The van der Waals surface area contributed by atoms with Gasteiger partial charge < -0.3 is 15.0 Å². The van der Waals surface area contributed by atoms with Crippen molar-refractivity contribution in [1.29, 1.82) is 0 Å². The Morgan fingerprint density at radius 2 is 2.25 bits per heavy atom. The summed E-state index contributed by atoms with van der Waals surface area (Å²) in [5.74, 6) is 0. The molecule has 2 aliphatic rings. The summed E-state index contributed by atoms with van der Waals surface area (Å²) in [4.78, 5) is 6.89. The van der Waals surface area contributed by atoms with E-state index < -0.39 is 0 Å². The fourth-order valence-electron chi connectivity index (χ4n) is 2.51. The maximum absolute atomic E-state index is 5.95. The van der Waals surface area contributed by atoms with Crippen molar-refractivity contribution in [2.45, 2.75) is 25.6 Å². The second kappa shape index (κ2) is 4.16. The van der Waals surface area contributed by atoms with Crippen LogP contribution >= 0.6 is 0 Å². The molecule has 0 bridgehead atoms. The quantitative estimate of drug-likeness (QED) is 0.739. The molecule has 2 N–H and O–H groups in total. The summed E-state index contributed by atoms with van der Waals surface area (Å²) in [5, 5.41) is 0. The van der Waals surface area contributed by atoms with Crippen molar-refractivity contribution in [3.63, 3.8) is 0 Å². The van der Waals surface area contributed by atoms with Gasteiger partial charge in [0, 0.05) is 44.3 Å². The number of morpholine rings is 1. The number of ether oxygens (including phenoxy) is 1. The summed E-state index contributed by atoms with van der Waals surface area (Å²) in [6.07, 6.45) is 2.90. The minimum absolute atomic E-state index is 0.279. The van der Waals surface area contributed by atoms with Crippen molar-refractivity contribution >= 4 is 0 Å².